The molecule has 0 spiro atoms. The molecule has 4 nitrogen and oxygen atoms in total. The third-order valence-corrected chi connectivity index (χ3v) is 4.83. The van der Waals surface area contributed by atoms with Crippen molar-refractivity contribution in [3.8, 4) is 0 Å². The largest absolute Gasteiger partial charge is 0.327 e. The van der Waals surface area contributed by atoms with E-state index in [1.54, 1.807) is 0 Å². The van der Waals surface area contributed by atoms with Crippen LogP contribution in [0.3, 0.4) is 0 Å². The first kappa shape index (κ1) is 14.8. The maximum Gasteiger partial charge on any atom is 0.327 e. The topological polar surface area (TPSA) is 53.7 Å². The molecule has 2 N–H and O–H groups in total. The summed E-state index contributed by atoms with van der Waals surface area (Å²) in [6, 6.07) is 9.47. The normalized spacial score (nSPS) is 15.5. The molecular formula is C11H18NO3PS. The minimum Gasteiger partial charge on any atom is -0.325 e. The summed E-state index contributed by atoms with van der Waals surface area (Å²) in [4.78, 5) is 0. The molecule has 17 heavy (non-hydrogen) atoms. The smallest absolute Gasteiger partial charge is 0.325 e. The predicted octanol–water partition coefficient (Wildman–Crippen LogP) is 2.61. The van der Waals surface area contributed by atoms with Gasteiger partial charge in [-0.15, -0.1) is 0 Å². The van der Waals surface area contributed by atoms with Crippen molar-refractivity contribution in [3.63, 3.8) is 0 Å². The summed E-state index contributed by atoms with van der Waals surface area (Å²) in [6.07, 6.45) is -0.332. The van der Waals surface area contributed by atoms with E-state index in [1.807, 2.05) is 37.3 Å². The van der Waals surface area contributed by atoms with Crippen LogP contribution in [0.1, 0.15) is 18.6 Å². The number of rotatable bonds is 6. The Hall–Kier alpha value is -0.290. The SMILES string of the molecule is COP(=S)(OC)OC(c1ccccc1)C(C)N. The molecule has 0 fully saturated rings. The van der Waals surface area contributed by atoms with Gasteiger partial charge in [0.25, 0.3) is 0 Å². The summed E-state index contributed by atoms with van der Waals surface area (Å²) >= 11 is 5.19. The Morgan fingerprint density at radius 2 is 1.71 bits per heavy atom. The van der Waals surface area contributed by atoms with Gasteiger partial charge in [0.05, 0.1) is 0 Å². The molecule has 2 unspecified atom stereocenters. The molecule has 0 aliphatic rings. The maximum absolute atomic E-state index is 5.92. The summed E-state index contributed by atoms with van der Waals surface area (Å²) < 4.78 is 16.0. The van der Waals surface area contributed by atoms with Gasteiger partial charge >= 0.3 is 6.72 Å². The number of hydrogen-bond acceptors (Lipinski definition) is 5. The predicted molar refractivity (Wildman–Crippen MR) is 72.2 cm³/mol. The lowest BCUT2D eigenvalue weighted by molar-refractivity contribution is 0.127. The minimum absolute atomic E-state index is 0.204. The Morgan fingerprint density at radius 3 is 2.12 bits per heavy atom. The van der Waals surface area contributed by atoms with E-state index >= 15 is 0 Å². The molecule has 6 heteroatoms. The fourth-order valence-corrected chi connectivity index (χ4v) is 2.59. The highest BCUT2D eigenvalue weighted by atomic mass is 32.5. The number of nitrogens with two attached hydrogens (primary N) is 1. The van der Waals surface area contributed by atoms with E-state index in [-0.39, 0.29) is 12.1 Å². The average Bonchev–Trinajstić information content (AvgIpc) is 2.36. The van der Waals surface area contributed by atoms with Crippen LogP contribution in [-0.2, 0) is 25.4 Å². The van der Waals surface area contributed by atoms with E-state index in [4.69, 9.17) is 31.1 Å². The highest BCUT2D eigenvalue weighted by Gasteiger charge is 2.26. The Kier molecular flexibility index (Phi) is 5.73. The molecule has 0 saturated heterocycles. The van der Waals surface area contributed by atoms with Gasteiger partial charge in [0, 0.05) is 20.3 Å². The van der Waals surface area contributed by atoms with Crippen LogP contribution >= 0.6 is 6.72 Å². The van der Waals surface area contributed by atoms with Crippen LogP contribution in [0.2, 0.25) is 0 Å². The Labute approximate surface area is 107 Å². The van der Waals surface area contributed by atoms with E-state index in [0.717, 1.165) is 5.56 Å². The van der Waals surface area contributed by atoms with E-state index in [2.05, 4.69) is 0 Å². The van der Waals surface area contributed by atoms with Crippen LogP contribution in [0.5, 0.6) is 0 Å². The number of benzene rings is 1. The fraction of sp³-hybridized carbons (Fsp3) is 0.455. The first-order chi connectivity index (χ1) is 8.02. The average molecular weight is 275 g/mol. The van der Waals surface area contributed by atoms with Gasteiger partial charge < -0.3 is 14.8 Å². The van der Waals surface area contributed by atoms with Gasteiger partial charge in [-0.3, -0.25) is 4.52 Å². The van der Waals surface area contributed by atoms with Gasteiger partial charge in [0.1, 0.15) is 6.10 Å². The maximum atomic E-state index is 5.92. The van der Waals surface area contributed by atoms with Crippen molar-refractivity contribution in [3.05, 3.63) is 35.9 Å². The molecule has 1 rings (SSSR count). The highest BCUT2D eigenvalue weighted by molar-refractivity contribution is 8.07. The van der Waals surface area contributed by atoms with Gasteiger partial charge in [0.2, 0.25) is 0 Å². The zero-order chi connectivity index (χ0) is 12.9. The monoisotopic (exact) mass is 275 g/mol. The summed E-state index contributed by atoms with van der Waals surface area (Å²) in [5, 5.41) is 0. The highest BCUT2D eigenvalue weighted by Crippen LogP contribution is 2.52. The Morgan fingerprint density at radius 1 is 1.18 bits per heavy atom. The van der Waals surface area contributed by atoms with Crippen molar-refractivity contribution in [2.45, 2.75) is 19.1 Å². The molecule has 96 valence electrons. The van der Waals surface area contributed by atoms with Crippen molar-refractivity contribution in [1.29, 1.82) is 0 Å². The van der Waals surface area contributed by atoms with E-state index in [0.29, 0.717) is 0 Å². The lowest BCUT2D eigenvalue weighted by Gasteiger charge is -2.27. The van der Waals surface area contributed by atoms with Crippen LogP contribution in [0.15, 0.2) is 30.3 Å². The van der Waals surface area contributed by atoms with E-state index < -0.39 is 6.72 Å². The van der Waals surface area contributed by atoms with Crippen LogP contribution in [0.4, 0.5) is 0 Å². The van der Waals surface area contributed by atoms with Crippen LogP contribution in [0.25, 0.3) is 0 Å². The molecule has 0 heterocycles. The first-order valence-electron chi connectivity index (χ1n) is 5.23. The lowest BCUT2D eigenvalue weighted by atomic mass is 10.0. The van der Waals surface area contributed by atoms with Gasteiger partial charge in [0.15, 0.2) is 0 Å². The molecule has 0 radical (unpaired) electrons. The van der Waals surface area contributed by atoms with Crippen LogP contribution in [-0.4, -0.2) is 20.3 Å². The molecule has 0 bridgehead atoms. The van der Waals surface area contributed by atoms with Crippen molar-refractivity contribution in [1.82, 2.24) is 0 Å². The van der Waals surface area contributed by atoms with Gasteiger partial charge in [-0.25, -0.2) is 0 Å². The molecular weight excluding hydrogens is 257 g/mol. The van der Waals surface area contributed by atoms with Gasteiger partial charge in [-0.2, -0.15) is 0 Å². The standard InChI is InChI=1S/C11H18NO3PS/c1-9(12)11(10-7-5-4-6-8-10)15-16(17,13-2)14-3/h4-9,11H,12H2,1-3H3. The van der Waals surface area contributed by atoms with E-state index in [9.17, 15) is 0 Å². The van der Waals surface area contributed by atoms with Gasteiger partial charge in [-0.1, -0.05) is 30.3 Å². The molecule has 1 aromatic carbocycles. The summed E-state index contributed by atoms with van der Waals surface area (Å²) in [5.74, 6) is 0. The third kappa shape index (κ3) is 4.14. The second-order valence-electron chi connectivity index (χ2n) is 3.61. The quantitative estimate of drug-likeness (QED) is 0.809. The van der Waals surface area contributed by atoms with E-state index in [1.165, 1.54) is 14.2 Å². The molecule has 0 aliphatic carbocycles. The molecule has 0 amide bonds. The molecule has 0 aliphatic heterocycles. The molecule has 1 aromatic rings. The Balaban J connectivity index is 2.92. The third-order valence-electron chi connectivity index (χ3n) is 2.30. The van der Waals surface area contributed by atoms with Gasteiger partial charge in [-0.05, 0) is 24.3 Å². The van der Waals surface area contributed by atoms with Crippen molar-refractivity contribution in [2.75, 3.05) is 14.2 Å². The zero-order valence-electron chi connectivity index (χ0n) is 10.2. The molecule has 2 atom stereocenters. The lowest BCUT2D eigenvalue weighted by Crippen LogP contribution is -2.26. The number of hydrogen-bond donors (Lipinski definition) is 1. The summed E-state index contributed by atoms with van der Waals surface area (Å²) in [7, 11) is 2.96. The second-order valence-corrected chi connectivity index (χ2v) is 6.79. The minimum atomic E-state index is -2.70. The van der Waals surface area contributed by atoms with Crippen molar-refractivity contribution < 1.29 is 13.6 Å². The molecule has 0 saturated carbocycles. The van der Waals surface area contributed by atoms with Crippen LogP contribution < -0.4 is 5.73 Å². The Bertz CT molecular complexity index is 378. The van der Waals surface area contributed by atoms with Crippen molar-refractivity contribution >= 4 is 18.5 Å². The fourth-order valence-electron chi connectivity index (χ4n) is 1.40. The summed E-state index contributed by atoms with van der Waals surface area (Å²) in [5.41, 5.74) is 6.88. The van der Waals surface area contributed by atoms with Crippen molar-refractivity contribution in [2.24, 2.45) is 5.73 Å². The zero-order valence-corrected chi connectivity index (χ0v) is 11.9. The first-order valence-corrected chi connectivity index (χ1v) is 7.78. The van der Waals surface area contributed by atoms with Crippen LogP contribution in [0, 0.1) is 0 Å². The second kappa shape index (κ2) is 6.59. The summed E-state index contributed by atoms with van der Waals surface area (Å²) in [6.45, 7) is -0.840. The molecule has 0 aromatic heterocycles.